The number of esters is 2. The summed E-state index contributed by atoms with van der Waals surface area (Å²) in [5.41, 5.74) is -7.27. The molecule has 10 heteroatoms. The highest BCUT2D eigenvalue weighted by Crippen LogP contribution is 2.71. The van der Waals surface area contributed by atoms with Gasteiger partial charge < -0.3 is 14.6 Å². The van der Waals surface area contributed by atoms with E-state index in [1.807, 2.05) is 0 Å². The molecule has 0 saturated heterocycles. The molecule has 242 valence electrons. The minimum Gasteiger partial charge on any atom is -0.454 e. The Bertz CT molecular complexity index is 1480. The van der Waals surface area contributed by atoms with Crippen LogP contribution in [0.4, 0.5) is 13.2 Å². The topological polar surface area (TPSA) is 107 Å². The van der Waals surface area contributed by atoms with Gasteiger partial charge in [-0.3, -0.25) is 14.4 Å². The molecule has 0 spiro atoms. The van der Waals surface area contributed by atoms with E-state index >= 15 is 8.78 Å². The van der Waals surface area contributed by atoms with Crippen LogP contribution in [0.5, 0.6) is 0 Å². The Morgan fingerprint density at radius 1 is 1.04 bits per heavy atom. The Morgan fingerprint density at radius 3 is 2.38 bits per heavy atom. The first-order chi connectivity index (χ1) is 21.2. The molecule has 7 nitrogen and oxygen atoms in total. The molecule has 0 amide bonds. The number of aliphatic hydroxyl groups is 1. The van der Waals surface area contributed by atoms with Gasteiger partial charge in [0.25, 0.3) is 0 Å². The second-order valence-corrected chi connectivity index (χ2v) is 14.1. The maximum Gasteiger partial charge on any atom is 0.351 e. The molecule has 4 fully saturated rings. The number of benzene rings is 1. The molecule has 1 N–H and O–H groups in total. The lowest BCUT2D eigenvalue weighted by atomic mass is 9.44. The average molecular weight is 629 g/mol. The standard InChI is InChI=1S/C35H39F3O7/c1-19-14-24-25-16-27(37)26-15-23(39)12-13-32(26,2)34(25,38)29(41)17-33(24,3)35(19,45-30(42)21-6-4-5-7-21)31(43)44-18-28(40)20-8-10-22(36)11-9-20/h8-13,15,19,21,24-25,27,29,41H,4-7,14,16-18H2,1-3H3/t19-,24+,25+,27+,29+,32+,33+,34+,35+/m1/s1. The van der Waals surface area contributed by atoms with Crippen molar-refractivity contribution in [3.8, 4) is 0 Å². The summed E-state index contributed by atoms with van der Waals surface area (Å²) in [5, 5.41) is 11.7. The zero-order valence-electron chi connectivity index (χ0n) is 25.7. The molecule has 0 bridgehead atoms. The third kappa shape index (κ3) is 4.48. The minimum atomic E-state index is -2.38. The van der Waals surface area contributed by atoms with E-state index in [9.17, 15) is 28.7 Å². The SMILES string of the molecule is C[C@@H]1C[C@H]2[C@@H]3C[C@H](F)C4=CC(=O)C=C[C@]4(C)[C@@]3(F)[C@@H](O)C[C@]2(C)[C@@]1(OC(=O)C1CCCC1)C(=O)OCC(=O)c1ccc(F)cc1. The van der Waals surface area contributed by atoms with Gasteiger partial charge in [0.05, 0.1) is 12.0 Å². The summed E-state index contributed by atoms with van der Waals surface area (Å²) < 4.78 is 58.8. The fourth-order valence-electron chi connectivity index (χ4n) is 9.58. The van der Waals surface area contributed by atoms with Crippen molar-refractivity contribution >= 4 is 23.5 Å². The quantitative estimate of drug-likeness (QED) is 0.324. The van der Waals surface area contributed by atoms with E-state index in [-0.39, 0.29) is 30.4 Å². The van der Waals surface area contributed by atoms with Gasteiger partial charge in [-0.05, 0) is 86.9 Å². The predicted octanol–water partition coefficient (Wildman–Crippen LogP) is 5.59. The smallest absolute Gasteiger partial charge is 0.351 e. The van der Waals surface area contributed by atoms with E-state index < -0.39 is 94.0 Å². The number of rotatable bonds is 6. The zero-order chi connectivity index (χ0) is 32.5. The molecule has 1 aromatic rings. The van der Waals surface area contributed by atoms with Crippen molar-refractivity contribution in [2.45, 2.75) is 89.3 Å². The monoisotopic (exact) mass is 628 g/mol. The number of alkyl halides is 2. The van der Waals surface area contributed by atoms with Crippen LogP contribution in [0.15, 0.2) is 48.1 Å². The number of carbonyl (C=O) groups excluding carboxylic acids is 4. The van der Waals surface area contributed by atoms with Crippen LogP contribution in [-0.2, 0) is 23.9 Å². The first-order valence-electron chi connectivity index (χ1n) is 15.8. The number of hydrogen-bond donors (Lipinski definition) is 1. The summed E-state index contributed by atoms with van der Waals surface area (Å²) in [5.74, 6) is -6.15. The van der Waals surface area contributed by atoms with Crippen LogP contribution in [0.25, 0.3) is 0 Å². The van der Waals surface area contributed by atoms with Crippen molar-refractivity contribution in [1.82, 2.24) is 0 Å². The lowest BCUT2D eigenvalue weighted by Crippen LogP contribution is -2.71. The lowest BCUT2D eigenvalue weighted by Gasteiger charge is -2.63. The second-order valence-electron chi connectivity index (χ2n) is 14.1. The van der Waals surface area contributed by atoms with Gasteiger partial charge in [0.2, 0.25) is 5.60 Å². The summed E-state index contributed by atoms with van der Waals surface area (Å²) in [6, 6.07) is 4.75. The van der Waals surface area contributed by atoms with E-state index in [2.05, 4.69) is 0 Å². The molecule has 5 aliphatic rings. The molecular weight excluding hydrogens is 589 g/mol. The first kappa shape index (κ1) is 31.7. The minimum absolute atomic E-state index is 0.0138. The number of ketones is 2. The third-order valence-electron chi connectivity index (χ3n) is 11.9. The van der Waals surface area contributed by atoms with E-state index in [0.717, 1.165) is 31.1 Å². The zero-order valence-corrected chi connectivity index (χ0v) is 25.7. The van der Waals surface area contributed by atoms with E-state index in [1.54, 1.807) is 13.8 Å². The molecule has 5 aliphatic carbocycles. The average Bonchev–Trinajstić information content (AvgIpc) is 3.61. The number of carbonyl (C=O) groups is 4. The molecule has 1 aromatic carbocycles. The van der Waals surface area contributed by atoms with Crippen molar-refractivity contribution in [1.29, 1.82) is 0 Å². The van der Waals surface area contributed by atoms with Gasteiger partial charge >= 0.3 is 11.9 Å². The van der Waals surface area contributed by atoms with E-state index in [4.69, 9.17) is 9.47 Å². The Morgan fingerprint density at radius 2 is 1.71 bits per heavy atom. The molecule has 4 saturated carbocycles. The van der Waals surface area contributed by atoms with Crippen LogP contribution in [0.1, 0.15) is 76.1 Å². The van der Waals surface area contributed by atoms with Crippen LogP contribution >= 0.6 is 0 Å². The number of allylic oxidation sites excluding steroid dienone is 4. The van der Waals surface area contributed by atoms with Gasteiger partial charge in [-0.2, -0.15) is 0 Å². The number of hydrogen-bond acceptors (Lipinski definition) is 7. The normalized spacial score (nSPS) is 40.6. The Labute approximate surface area is 260 Å². The molecule has 0 aromatic heterocycles. The number of aliphatic hydroxyl groups excluding tert-OH is 1. The number of Topliss-reactive ketones (excluding diaryl/α,β-unsaturated/α-hetero) is 1. The summed E-state index contributed by atoms with van der Waals surface area (Å²) in [4.78, 5) is 53.0. The summed E-state index contributed by atoms with van der Waals surface area (Å²) >= 11 is 0. The van der Waals surface area contributed by atoms with Gasteiger partial charge in [0.1, 0.15) is 12.0 Å². The molecule has 0 aliphatic heterocycles. The van der Waals surface area contributed by atoms with Gasteiger partial charge in [-0.15, -0.1) is 0 Å². The summed E-state index contributed by atoms with van der Waals surface area (Å²) in [6.45, 7) is 4.14. The summed E-state index contributed by atoms with van der Waals surface area (Å²) in [7, 11) is 0. The van der Waals surface area contributed by atoms with Crippen LogP contribution in [0.2, 0.25) is 0 Å². The first-order valence-corrected chi connectivity index (χ1v) is 15.8. The number of ether oxygens (including phenoxy) is 2. The number of halogens is 3. The van der Waals surface area contributed by atoms with Crippen molar-refractivity contribution in [2.75, 3.05) is 6.61 Å². The molecule has 0 radical (unpaired) electrons. The maximum atomic E-state index is 17.7. The Kier molecular flexibility index (Phi) is 7.69. The molecule has 9 atom stereocenters. The highest BCUT2D eigenvalue weighted by atomic mass is 19.1. The number of fused-ring (bicyclic) bond motifs is 5. The molecular formula is C35H39F3O7. The van der Waals surface area contributed by atoms with Gasteiger partial charge in [0.15, 0.2) is 23.8 Å². The predicted molar refractivity (Wildman–Crippen MR) is 156 cm³/mol. The fourth-order valence-corrected chi connectivity index (χ4v) is 9.58. The van der Waals surface area contributed by atoms with Crippen LogP contribution in [0, 0.1) is 40.3 Å². The van der Waals surface area contributed by atoms with Crippen molar-refractivity contribution in [3.05, 3.63) is 59.4 Å². The van der Waals surface area contributed by atoms with Gasteiger partial charge in [-0.1, -0.05) is 32.8 Å². The highest BCUT2D eigenvalue weighted by Gasteiger charge is 2.79. The summed E-state index contributed by atoms with van der Waals surface area (Å²) in [6.07, 6.45) is 2.63. The lowest BCUT2D eigenvalue weighted by molar-refractivity contribution is -0.240. The van der Waals surface area contributed by atoms with Crippen LogP contribution in [-0.4, -0.2) is 58.8 Å². The largest absolute Gasteiger partial charge is 0.454 e. The maximum absolute atomic E-state index is 17.7. The highest BCUT2D eigenvalue weighted by molar-refractivity contribution is 6.01. The van der Waals surface area contributed by atoms with Gasteiger partial charge in [0, 0.05) is 28.2 Å². The Hall–Kier alpha value is -3.27. The molecule has 0 unspecified atom stereocenters. The second kappa shape index (κ2) is 10.9. The van der Waals surface area contributed by atoms with Gasteiger partial charge in [-0.25, -0.2) is 18.0 Å². The third-order valence-corrected chi connectivity index (χ3v) is 11.9. The van der Waals surface area contributed by atoms with Crippen LogP contribution in [0.3, 0.4) is 0 Å². The molecule has 6 rings (SSSR count). The van der Waals surface area contributed by atoms with E-state index in [0.29, 0.717) is 12.8 Å². The molecule has 0 heterocycles. The molecule has 45 heavy (non-hydrogen) atoms. The van der Waals surface area contributed by atoms with Crippen LogP contribution < -0.4 is 0 Å². The van der Waals surface area contributed by atoms with Crippen molar-refractivity contribution in [3.63, 3.8) is 0 Å². The Balaban J connectivity index is 1.39. The van der Waals surface area contributed by atoms with Crippen molar-refractivity contribution in [2.24, 2.45) is 34.5 Å². The fraction of sp³-hybridized carbons (Fsp3) is 0.600. The van der Waals surface area contributed by atoms with E-state index in [1.165, 1.54) is 31.2 Å². The van der Waals surface area contributed by atoms with Crippen molar-refractivity contribution < 1.29 is 46.9 Å².